The molecule has 0 spiro atoms. The third kappa shape index (κ3) is 10.4. The monoisotopic (exact) mass is 652 g/mol. The van der Waals surface area contributed by atoms with Crippen LogP contribution >= 0.6 is 42.5 Å². The molecular weight excluding hydrogens is 636 g/mol. The normalized spacial score (nSPS) is 10.8. The third-order valence-electron chi connectivity index (χ3n) is 3.14. The van der Waals surface area contributed by atoms with Crippen molar-refractivity contribution >= 4 is 73.0 Å². The van der Waals surface area contributed by atoms with Crippen LogP contribution in [0.15, 0.2) is 55.1 Å². The molecule has 184 valence electrons. The van der Waals surface area contributed by atoms with E-state index >= 15 is 0 Å². The number of hydrogen-bond acceptors (Lipinski definition) is 9. The van der Waals surface area contributed by atoms with Crippen molar-refractivity contribution in [3.05, 3.63) is 65.6 Å². The van der Waals surface area contributed by atoms with E-state index in [2.05, 4.69) is 36.6 Å². The highest BCUT2D eigenvalue weighted by atomic mass is 79.9. The van der Waals surface area contributed by atoms with Gasteiger partial charge in [0, 0.05) is 50.4 Å². The molecule has 3 N–H and O–H groups in total. The van der Waals surface area contributed by atoms with E-state index in [4.69, 9.17) is 16.4 Å². The molecule has 0 atom stereocenters. The lowest BCUT2D eigenvalue weighted by Crippen LogP contribution is -2.23. The van der Waals surface area contributed by atoms with Gasteiger partial charge in [-0.15, -0.1) is 0 Å². The first kappa shape index (κ1) is 31.3. The van der Waals surface area contributed by atoms with Gasteiger partial charge in [-0.25, -0.2) is 21.6 Å². The van der Waals surface area contributed by atoms with Gasteiger partial charge in [-0.2, -0.15) is 0 Å². The molecule has 0 saturated carbocycles. The molecular formula is C16H19Br2ClN4O8S2. The van der Waals surface area contributed by atoms with Crippen molar-refractivity contribution in [2.45, 2.75) is 23.6 Å². The van der Waals surface area contributed by atoms with Gasteiger partial charge in [0.1, 0.15) is 9.79 Å². The lowest BCUT2D eigenvalue weighted by atomic mass is 10.3. The Labute approximate surface area is 211 Å². The van der Waals surface area contributed by atoms with Crippen LogP contribution in [0.5, 0.6) is 0 Å². The van der Waals surface area contributed by atoms with Crippen LogP contribution in [0.1, 0.15) is 13.8 Å². The van der Waals surface area contributed by atoms with Crippen molar-refractivity contribution in [1.29, 1.82) is 0 Å². The average molecular weight is 655 g/mol. The number of nitro benzene ring substituents is 2. The molecule has 0 aliphatic rings. The number of nitrogens with two attached hydrogens (primary N) is 1. The van der Waals surface area contributed by atoms with E-state index in [1.807, 2.05) is 6.92 Å². The zero-order valence-electron chi connectivity index (χ0n) is 17.1. The molecule has 0 bridgehead atoms. The Kier molecular flexibility index (Phi) is 13.2. The quantitative estimate of drug-likeness (QED) is 0.264. The van der Waals surface area contributed by atoms with E-state index in [9.17, 15) is 37.1 Å². The van der Waals surface area contributed by atoms with Crippen LogP contribution in [0.3, 0.4) is 0 Å². The van der Waals surface area contributed by atoms with E-state index in [0.29, 0.717) is 4.47 Å². The number of halogens is 3. The van der Waals surface area contributed by atoms with Crippen LogP contribution in [-0.2, 0) is 19.1 Å². The predicted octanol–water partition coefficient (Wildman–Crippen LogP) is 3.91. The molecule has 0 aromatic heterocycles. The fourth-order valence-electron chi connectivity index (χ4n) is 1.87. The van der Waals surface area contributed by atoms with Gasteiger partial charge in [0.25, 0.3) is 20.4 Å². The summed E-state index contributed by atoms with van der Waals surface area (Å²) in [6, 6.07) is 6.91. The van der Waals surface area contributed by atoms with Crippen LogP contribution in [-0.4, -0.2) is 39.8 Å². The average Bonchev–Trinajstić information content (AvgIpc) is 2.68. The second kappa shape index (κ2) is 13.9. The van der Waals surface area contributed by atoms with Crippen molar-refractivity contribution in [3.8, 4) is 0 Å². The minimum Gasteiger partial charge on any atom is -0.331 e. The summed E-state index contributed by atoms with van der Waals surface area (Å²) >= 11 is 5.97. The number of nitrogens with zero attached hydrogens (tertiary/aromatic N) is 2. The molecule has 0 amide bonds. The van der Waals surface area contributed by atoms with Crippen LogP contribution in [0, 0.1) is 20.2 Å². The summed E-state index contributed by atoms with van der Waals surface area (Å²) in [5, 5.41) is 20.9. The summed E-state index contributed by atoms with van der Waals surface area (Å²) in [5.74, 6) is 0. The summed E-state index contributed by atoms with van der Waals surface area (Å²) in [5.41, 5.74) is 4.26. The van der Waals surface area contributed by atoms with Gasteiger partial charge in [0.05, 0.1) is 9.85 Å². The lowest BCUT2D eigenvalue weighted by molar-refractivity contribution is -0.385. The highest BCUT2D eigenvalue weighted by molar-refractivity contribution is 9.10. The van der Waals surface area contributed by atoms with Gasteiger partial charge < -0.3 is 5.73 Å². The standard InChI is InChI=1S/C8H9BrN2O4S.C6H3BrClNO4S.C2H7N/c1-2-10-16(14,15)8-5-6(11(12)13)3-4-7(8)9;7-5-2-1-4(9(10)11)3-6(5)14(8,12)13;1-2-3/h3-5,10H,2H2,1H3;1-3H;2-3H2,1H3. The molecule has 2 aromatic rings. The second-order valence-electron chi connectivity index (χ2n) is 5.59. The maximum Gasteiger partial charge on any atom is 0.270 e. The lowest BCUT2D eigenvalue weighted by Gasteiger charge is -2.06. The van der Waals surface area contributed by atoms with Crippen molar-refractivity contribution in [3.63, 3.8) is 0 Å². The zero-order chi connectivity index (χ0) is 26.0. The predicted molar refractivity (Wildman–Crippen MR) is 130 cm³/mol. The summed E-state index contributed by atoms with van der Waals surface area (Å²) < 4.78 is 48.0. The van der Waals surface area contributed by atoms with E-state index < -0.39 is 28.9 Å². The van der Waals surface area contributed by atoms with Gasteiger partial charge in [-0.1, -0.05) is 13.8 Å². The molecule has 0 aliphatic heterocycles. The third-order valence-corrected chi connectivity index (χ3v) is 7.99. The summed E-state index contributed by atoms with van der Waals surface area (Å²) in [6.07, 6.45) is 0. The summed E-state index contributed by atoms with van der Waals surface area (Å²) in [6.45, 7) is 4.50. The smallest absolute Gasteiger partial charge is 0.270 e. The number of nitro groups is 2. The minimum atomic E-state index is -3.97. The molecule has 33 heavy (non-hydrogen) atoms. The fourth-order valence-corrected chi connectivity index (χ4v) is 6.00. The van der Waals surface area contributed by atoms with Crippen LogP contribution in [0.2, 0.25) is 0 Å². The Morgan fingerprint density at radius 1 is 0.909 bits per heavy atom. The van der Waals surface area contributed by atoms with E-state index in [1.165, 1.54) is 24.3 Å². The number of nitrogens with one attached hydrogen (secondary N) is 1. The number of rotatable bonds is 6. The summed E-state index contributed by atoms with van der Waals surface area (Å²) in [7, 11) is -2.61. The highest BCUT2D eigenvalue weighted by Crippen LogP contribution is 2.29. The van der Waals surface area contributed by atoms with Gasteiger partial charge in [-0.3, -0.25) is 20.2 Å². The van der Waals surface area contributed by atoms with Crippen LogP contribution in [0.4, 0.5) is 11.4 Å². The maximum atomic E-state index is 11.7. The Morgan fingerprint density at radius 2 is 1.27 bits per heavy atom. The topological polar surface area (TPSA) is 193 Å². The molecule has 17 heteroatoms. The van der Waals surface area contributed by atoms with Crippen molar-refractivity contribution in [2.75, 3.05) is 13.1 Å². The number of sulfonamides is 1. The Bertz CT molecular complexity index is 1210. The molecule has 0 saturated heterocycles. The highest BCUT2D eigenvalue weighted by Gasteiger charge is 2.20. The first-order chi connectivity index (χ1) is 15.1. The molecule has 0 radical (unpaired) electrons. The first-order valence-corrected chi connectivity index (χ1v) is 14.0. The van der Waals surface area contributed by atoms with Crippen molar-refractivity contribution < 1.29 is 26.7 Å². The minimum absolute atomic E-state index is 0.136. The van der Waals surface area contributed by atoms with Crippen molar-refractivity contribution in [2.24, 2.45) is 5.73 Å². The maximum absolute atomic E-state index is 11.7. The summed E-state index contributed by atoms with van der Waals surface area (Å²) in [4.78, 5) is 19.1. The second-order valence-corrected chi connectivity index (χ2v) is 11.6. The van der Waals surface area contributed by atoms with Crippen LogP contribution < -0.4 is 10.5 Å². The van der Waals surface area contributed by atoms with E-state index in [1.54, 1.807) is 6.92 Å². The Morgan fingerprint density at radius 3 is 1.61 bits per heavy atom. The van der Waals surface area contributed by atoms with Crippen molar-refractivity contribution in [1.82, 2.24) is 4.72 Å². The Balaban J connectivity index is 0.000000558. The number of hydrogen-bond donors (Lipinski definition) is 2. The SMILES string of the molecule is CCN.CCNS(=O)(=O)c1cc([N+](=O)[O-])ccc1Br.O=[N+]([O-])c1ccc(Br)c(S(=O)(=O)Cl)c1. The van der Waals surface area contributed by atoms with Crippen LogP contribution in [0.25, 0.3) is 0 Å². The number of benzene rings is 2. The van der Waals surface area contributed by atoms with Gasteiger partial charge in [-0.05, 0) is 50.5 Å². The number of non-ortho nitro benzene ring substituents is 2. The Hall–Kier alpha value is -1.69. The zero-order valence-corrected chi connectivity index (χ0v) is 22.6. The molecule has 2 rings (SSSR count). The van der Waals surface area contributed by atoms with E-state index in [0.717, 1.165) is 18.7 Å². The molecule has 0 unspecified atom stereocenters. The van der Waals surface area contributed by atoms with Gasteiger partial charge in [0.2, 0.25) is 10.0 Å². The molecule has 2 aromatic carbocycles. The fraction of sp³-hybridized carbons (Fsp3) is 0.250. The molecule has 0 fully saturated rings. The molecule has 0 heterocycles. The van der Waals surface area contributed by atoms with E-state index in [-0.39, 0.29) is 32.2 Å². The van der Waals surface area contributed by atoms with Gasteiger partial charge in [0.15, 0.2) is 0 Å². The molecule has 0 aliphatic carbocycles. The molecule has 12 nitrogen and oxygen atoms in total. The largest absolute Gasteiger partial charge is 0.331 e. The van der Waals surface area contributed by atoms with Gasteiger partial charge >= 0.3 is 0 Å². The first-order valence-electron chi connectivity index (χ1n) is 8.64.